The Hall–Kier alpha value is -2.24. The maximum atomic E-state index is 11.2. The van der Waals surface area contributed by atoms with E-state index in [2.05, 4.69) is 51.6 Å². The average Bonchev–Trinajstić information content (AvgIpc) is 2.76. The molecule has 0 aliphatic carbocycles. The van der Waals surface area contributed by atoms with Crippen LogP contribution in [0.3, 0.4) is 0 Å². The Morgan fingerprint density at radius 3 is 2.77 bits per heavy atom. The second kappa shape index (κ2) is 6.49. The zero-order chi connectivity index (χ0) is 18.3. The quantitative estimate of drug-likeness (QED) is 0.789. The van der Waals surface area contributed by atoms with Gasteiger partial charge in [0.25, 0.3) is 0 Å². The smallest absolute Gasteiger partial charge is 0.123 e. The summed E-state index contributed by atoms with van der Waals surface area (Å²) in [6.45, 7) is 6.55. The number of benzene rings is 1. The van der Waals surface area contributed by atoms with Crippen LogP contribution in [0.15, 0.2) is 36.8 Å². The first-order valence-electron chi connectivity index (χ1n) is 9.24. The number of aliphatic hydroxyl groups is 1. The van der Waals surface area contributed by atoms with E-state index in [0.29, 0.717) is 12.2 Å². The van der Waals surface area contributed by atoms with Gasteiger partial charge in [-0.25, -0.2) is 0 Å². The van der Waals surface area contributed by atoms with Gasteiger partial charge in [-0.1, -0.05) is 11.6 Å². The monoisotopic (exact) mass is 350 g/mol. The van der Waals surface area contributed by atoms with Gasteiger partial charge < -0.3 is 14.6 Å². The molecular weight excluding hydrogens is 324 g/mol. The molecule has 3 aromatic rings. The summed E-state index contributed by atoms with van der Waals surface area (Å²) in [5.74, 6) is 0. The van der Waals surface area contributed by atoms with Crippen molar-refractivity contribution < 1.29 is 5.11 Å². The third kappa shape index (κ3) is 3.02. The molecule has 4 rings (SSSR count). The molecule has 5 nitrogen and oxygen atoms in total. The van der Waals surface area contributed by atoms with E-state index in [0.717, 1.165) is 25.9 Å². The fourth-order valence-corrected chi connectivity index (χ4v) is 4.01. The van der Waals surface area contributed by atoms with Crippen molar-refractivity contribution in [3.05, 3.63) is 59.3 Å². The Labute approximate surface area is 154 Å². The van der Waals surface area contributed by atoms with Crippen LogP contribution in [-0.4, -0.2) is 44.7 Å². The van der Waals surface area contributed by atoms with E-state index in [1.54, 1.807) is 18.6 Å². The van der Waals surface area contributed by atoms with Gasteiger partial charge in [0.05, 0.1) is 18.4 Å². The van der Waals surface area contributed by atoms with Crippen molar-refractivity contribution >= 4 is 10.9 Å². The van der Waals surface area contributed by atoms with Gasteiger partial charge in [-0.2, -0.15) is 0 Å². The molecule has 0 saturated carbocycles. The van der Waals surface area contributed by atoms with Crippen molar-refractivity contribution in [2.45, 2.75) is 38.8 Å². The van der Waals surface area contributed by atoms with Crippen LogP contribution in [0.5, 0.6) is 0 Å². The molecular formula is C21H26N4O. The van der Waals surface area contributed by atoms with Crippen LogP contribution < -0.4 is 0 Å². The minimum atomic E-state index is -1.07. The predicted octanol–water partition coefficient (Wildman–Crippen LogP) is 2.68. The van der Waals surface area contributed by atoms with Crippen molar-refractivity contribution in [2.24, 2.45) is 0 Å². The molecule has 136 valence electrons. The van der Waals surface area contributed by atoms with Crippen molar-refractivity contribution in [3.63, 3.8) is 0 Å². The Balaban J connectivity index is 1.84. The fourth-order valence-electron chi connectivity index (χ4n) is 4.01. The van der Waals surface area contributed by atoms with Crippen LogP contribution in [0.2, 0.25) is 0 Å². The number of aromatic nitrogens is 3. The van der Waals surface area contributed by atoms with Crippen molar-refractivity contribution in [1.82, 2.24) is 19.4 Å². The van der Waals surface area contributed by atoms with Crippen LogP contribution in [0.4, 0.5) is 0 Å². The number of hydrogen-bond acceptors (Lipinski definition) is 4. The second-order valence-electron chi connectivity index (χ2n) is 7.70. The minimum Gasteiger partial charge on any atom is -0.382 e. The third-order valence-corrected chi connectivity index (χ3v) is 5.50. The first kappa shape index (κ1) is 17.2. The maximum Gasteiger partial charge on any atom is 0.123 e. The van der Waals surface area contributed by atoms with Crippen LogP contribution in [0, 0.1) is 6.92 Å². The van der Waals surface area contributed by atoms with Gasteiger partial charge in [0.1, 0.15) is 5.60 Å². The van der Waals surface area contributed by atoms with Crippen molar-refractivity contribution in [3.8, 4) is 0 Å². The summed E-state index contributed by atoms with van der Waals surface area (Å²) in [6, 6.07) is 6.63. The second-order valence-corrected chi connectivity index (χ2v) is 7.70. The minimum absolute atomic E-state index is 0.476. The summed E-state index contributed by atoms with van der Waals surface area (Å²) in [5, 5.41) is 12.5. The Morgan fingerprint density at radius 2 is 2.00 bits per heavy atom. The lowest BCUT2D eigenvalue weighted by Gasteiger charge is -2.25. The molecule has 0 fully saturated rings. The van der Waals surface area contributed by atoms with E-state index in [1.807, 2.05) is 6.92 Å². The van der Waals surface area contributed by atoms with Gasteiger partial charge in [-0.15, -0.1) is 0 Å². The lowest BCUT2D eigenvalue weighted by Crippen LogP contribution is -2.30. The highest BCUT2D eigenvalue weighted by molar-refractivity contribution is 5.86. The molecule has 3 heterocycles. The fraction of sp³-hybridized carbons (Fsp3) is 0.429. The maximum absolute atomic E-state index is 11.2. The van der Waals surface area contributed by atoms with Crippen LogP contribution in [0.1, 0.15) is 29.4 Å². The molecule has 1 unspecified atom stereocenters. The van der Waals surface area contributed by atoms with Crippen LogP contribution in [-0.2, 0) is 25.0 Å². The number of likely N-dealkylation sites (N-methyl/N-ethyl adjacent to an activating group) is 1. The van der Waals surface area contributed by atoms with E-state index >= 15 is 0 Å². The standard InChI is InChI=1S/C21H26N4O/c1-15-4-5-18-17(12-15)16-6-10-24(3)11-7-19(16)25(18)14-21(2,26)20-13-22-8-9-23-20/h4-5,8-9,12-13,26H,6-7,10-11,14H2,1-3H3. The molecule has 1 aliphatic heterocycles. The lowest BCUT2D eigenvalue weighted by molar-refractivity contribution is 0.0340. The van der Waals surface area contributed by atoms with E-state index in [4.69, 9.17) is 0 Å². The van der Waals surface area contributed by atoms with Crippen molar-refractivity contribution in [2.75, 3.05) is 20.1 Å². The molecule has 5 heteroatoms. The van der Waals surface area contributed by atoms with E-state index < -0.39 is 5.60 Å². The number of aryl methyl sites for hydroxylation is 1. The lowest BCUT2D eigenvalue weighted by atomic mass is 10.0. The van der Waals surface area contributed by atoms with Gasteiger partial charge in [-0.3, -0.25) is 9.97 Å². The number of hydrogen-bond donors (Lipinski definition) is 1. The van der Waals surface area contributed by atoms with Crippen LogP contribution >= 0.6 is 0 Å². The first-order valence-corrected chi connectivity index (χ1v) is 9.24. The topological polar surface area (TPSA) is 54.2 Å². The average molecular weight is 350 g/mol. The molecule has 26 heavy (non-hydrogen) atoms. The highest BCUT2D eigenvalue weighted by Crippen LogP contribution is 2.32. The SMILES string of the molecule is Cc1ccc2c(c1)c1c(n2CC(C)(O)c2cnccn2)CCN(C)CC1. The summed E-state index contributed by atoms with van der Waals surface area (Å²) >= 11 is 0. The van der Waals surface area contributed by atoms with Crippen molar-refractivity contribution in [1.29, 1.82) is 0 Å². The number of nitrogens with zero attached hydrogens (tertiary/aromatic N) is 4. The van der Waals surface area contributed by atoms with Gasteiger partial charge in [0.15, 0.2) is 0 Å². The first-order chi connectivity index (χ1) is 12.5. The van der Waals surface area contributed by atoms with Crippen LogP contribution in [0.25, 0.3) is 10.9 Å². The van der Waals surface area contributed by atoms with E-state index in [9.17, 15) is 5.11 Å². The number of rotatable bonds is 3. The summed E-state index contributed by atoms with van der Waals surface area (Å²) < 4.78 is 2.30. The van der Waals surface area contributed by atoms with Gasteiger partial charge in [0, 0.05) is 48.5 Å². The Morgan fingerprint density at radius 1 is 1.19 bits per heavy atom. The third-order valence-electron chi connectivity index (χ3n) is 5.50. The van der Waals surface area contributed by atoms with Gasteiger partial charge in [-0.05, 0) is 45.0 Å². The highest BCUT2D eigenvalue weighted by atomic mass is 16.3. The van der Waals surface area contributed by atoms with E-state index in [1.165, 1.54) is 27.7 Å². The molecule has 0 radical (unpaired) electrons. The predicted molar refractivity (Wildman–Crippen MR) is 103 cm³/mol. The van der Waals surface area contributed by atoms with Gasteiger partial charge in [0.2, 0.25) is 0 Å². The normalized spacial score (nSPS) is 17.7. The zero-order valence-electron chi connectivity index (χ0n) is 15.7. The highest BCUT2D eigenvalue weighted by Gasteiger charge is 2.29. The number of fused-ring (bicyclic) bond motifs is 3. The molecule has 1 aliphatic rings. The molecule has 0 amide bonds. The summed E-state index contributed by atoms with van der Waals surface area (Å²) in [5.41, 5.74) is 4.79. The molecule has 1 atom stereocenters. The summed E-state index contributed by atoms with van der Waals surface area (Å²) in [6.07, 6.45) is 6.97. The molecule has 0 saturated heterocycles. The summed E-state index contributed by atoms with van der Waals surface area (Å²) in [7, 11) is 2.18. The van der Waals surface area contributed by atoms with Gasteiger partial charge >= 0.3 is 0 Å². The zero-order valence-corrected chi connectivity index (χ0v) is 15.7. The molecule has 0 bridgehead atoms. The summed E-state index contributed by atoms with van der Waals surface area (Å²) in [4.78, 5) is 10.8. The largest absolute Gasteiger partial charge is 0.382 e. The van der Waals surface area contributed by atoms with E-state index in [-0.39, 0.29) is 0 Å². The molecule has 1 aromatic carbocycles. The Kier molecular flexibility index (Phi) is 4.29. The molecule has 1 N–H and O–H groups in total. The molecule has 0 spiro atoms. The Bertz CT molecular complexity index is 930. The molecule has 2 aromatic heterocycles.